The Morgan fingerprint density at radius 3 is 2.88 bits per heavy atom. The van der Waals surface area contributed by atoms with Crippen molar-refractivity contribution in [3.05, 3.63) is 29.3 Å². The number of benzene rings is 1. The average Bonchev–Trinajstić information content (AvgIpc) is 2.39. The van der Waals surface area contributed by atoms with Crippen LogP contribution in [0.15, 0.2) is 18.2 Å². The van der Waals surface area contributed by atoms with Gasteiger partial charge in [-0.1, -0.05) is 19.9 Å². The first-order chi connectivity index (χ1) is 8.30. The Balaban J connectivity index is 2.35. The van der Waals surface area contributed by atoms with Crippen molar-refractivity contribution in [2.24, 2.45) is 0 Å². The van der Waals surface area contributed by atoms with E-state index in [0.29, 0.717) is 11.3 Å². The van der Waals surface area contributed by atoms with Crippen molar-refractivity contribution in [3.8, 4) is 5.75 Å². The van der Waals surface area contributed by atoms with Crippen molar-refractivity contribution in [1.29, 1.82) is 0 Å². The van der Waals surface area contributed by atoms with E-state index in [1.54, 1.807) is 7.11 Å². The molecule has 2 rings (SSSR count). The minimum atomic E-state index is 0.467. The van der Waals surface area contributed by atoms with Crippen LogP contribution < -0.4 is 10.1 Å². The van der Waals surface area contributed by atoms with Crippen LogP contribution in [-0.2, 0) is 5.75 Å². The first-order valence-electron chi connectivity index (χ1n) is 6.32. The van der Waals surface area contributed by atoms with E-state index < -0.39 is 0 Å². The summed E-state index contributed by atoms with van der Waals surface area (Å²) in [5, 5.41) is 4.29. The van der Waals surface area contributed by atoms with Crippen molar-refractivity contribution in [1.82, 2.24) is 5.32 Å². The highest BCUT2D eigenvalue weighted by molar-refractivity contribution is 7.99. The topological polar surface area (TPSA) is 21.3 Å². The molecule has 2 nitrogen and oxygen atoms in total. The van der Waals surface area contributed by atoms with Crippen LogP contribution in [0.2, 0.25) is 0 Å². The number of ether oxygens (including phenoxy) is 1. The second-order valence-corrected chi connectivity index (χ2v) is 5.59. The average molecular weight is 251 g/mol. The lowest BCUT2D eigenvalue weighted by Gasteiger charge is -2.33. The number of rotatable bonds is 4. The van der Waals surface area contributed by atoms with Gasteiger partial charge in [-0.2, -0.15) is 11.8 Å². The lowest BCUT2D eigenvalue weighted by Crippen LogP contribution is -2.33. The maximum atomic E-state index is 5.34. The largest absolute Gasteiger partial charge is 0.497 e. The maximum absolute atomic E-state index is 5.34. The quantitative estimate of drug-likeness (QED) is 0.886. The number of nitrogens with one attached hydrogen (secondary N) is 1. The highest BCUT2D eigenvalue weighted by atomic mass is 32.2. The summed E-state index contributed by atoms with van der Waals surface area (Å²) in [5.74, 6) is 2.09. The summed E-state index contributed by atoms with van der Waals surface area (Å²) in [6.07, 6.45) is 1.21. The van der Waals surface area contributed by atoms with Gasteiger partial charge in [0, 0.05) is 17.0 Å². The molecule has 1 N–H and O–H groups in total. The van der Waals surface area contributed by atoms with Crippen LogP contribution in [0.1, 0.15) is 37.4 Å². The molecule has 1 aromatic rings. The van der Waals surface area contributed by atoms with Gasteiger partial charge in [-0.3, -0.25) is 0 Å². The third kappa shape index (κ3) is 2.61. The maximum Gasteiger partial charge on any atom is 0.119 e. The number of fused-ring (bicyclic) bond motifs is 1. The molecule has 0 aliphatic carbocycles. The fraction of sp³-hybridized carbons (Fsp3) is 0.571. The van der Waals surface area contributed by atoms with Gasteiger partial charge in [0.1, 0.15) is 5.75 Å². The van der Waals surface area contributed by atoms with Crippen LogP contribution in [0.25, 0.3) is 0 Å². The molecule has 2 unspecified atom stereocenters. The van der Waals surface area contributed by atoms with E-state index in [4.69, 9.17) is 4.74 Å². The molecular weight excluding hydrogens is 230 g/mol. The van der Waals surface area contributed by atoms with Crippen LogP contribution in [0.4, 0.5) is 0 Å². The highest BCUT2D eigenvalue weighted by Gasteiger charge is 2.28. The number of thioether (sulfide) groups is 1. The van der Waals surface area contributed by atoms with Gasteiger partial charge >= 0.3 is 0 Å². The normalized spacial score (nSPS) is 23.2. The zero-order valence-electron chi connectivity index (χ0n) is 10.8. The summed E-state index contributed by atoms with van der Waals surface area (Å²) in [6, 6.07) is 6.94. The van der Waals surface area contributed by atoms with Gasteiger partial charge in [-0.25, -0.2) is 0 Å². The minimum Gasteiger partial charge on any atom is -0.497 e. The summed E-state index contributed by atoms with van der Waals surface area (Å²) in [7, 11) is 1.73. The van der Waals surface area contributed by atoms with Gasteiger partial charge in [-0.05, 0) is 36.2 Å². The molecule has 0 saturated heterocycles. The van der Waals surface area contributed by atoms with Gasteiger partial charge in [0.25, 0.3) is 0 Å². The SMILES string of the molecule is CCNC1c2cc(OC)ccc2CSC1CC. The highest BCUT2D eigenvalue weighted by Crippen LogP contribution is 2.40. The number of hydrogen-bond acceptors (Lipinski definition) is 3. The van der Waals surface area contributed by atoms with Gasteiger partial charge in [0.05, 0.1) is 7.11 Å². The summed E-state index contributed by atoms with van der Waals surface area (Å²) in [5.41, 5.74) is 2.88. The van der Waals surface area contributed by atoms with Gasteiger partial charge in [0.15, 0.2) is 0 Å². The molecule has 2 atom stereocenters. The Bertz CT molecular complexity index is 380. The molecule has 94 valence electrons. The molecule has 0 amide bonds. The first kappa shape index (κ1) is 12.8. The van der Waals surface area contributed by atoms with Crippen LogP contribution in [0, 0.1) is 0 Å². The zero-order chi connectivity index (χ0) is 12.3. The monoisotopic (exact) mass is 251 g/mol. The predicted molar refractivity (Wildman–Crippen MR) is 74.8 cm³/mol. The second kappa shape index (κ2) is 5.78. The fourth-order valence-corrected chi connectivity index (χ4v) is 3.76. The van der Waals surface area contributed by atoms with E-state index in [2.05, 4.69) is 49.1 Å². The predicted octanol–water partition coefficient (Wildman–Crippen LogP) is 3.37. The second-order valence-electron chi connectivity index (χ2n) is 4.36. The third-order valence-electron chi connectivity index (χ3n) is 3.34. The molecule has 17 heavy (non-hydrogen) atoms. The van der Waals surface area contributed by atoms with E-state index in [9.17, 15) is 0 Å². The summed E-state index contributed by atoms with van der Waals surface area (Å²) >= 11 is 2.06. The lowest BCUT2D eigenvalue weighted by molar-refractivity contribution is 0.412. The number of methoxy groups -OCH3 is 1. The van der Waals surface area contributed by atoms with Crippen molar-refractivity contribution in [2.45, 2.75) is 37.3 Å². The first-order valence-corrected chi connectivity index (χ1v) is 7.36. The lowest BCUT2D eigenvalue weighted by atomic mass is 9.96. The van der Waals surface area contributed by atoms with E-state index in [0.717, 1.165) is 18.0 Å². The molecule has 0 saturated carbocycles. The summed E-state index contributed by atoms with van der Waals surface area (Å²) in [6.45, 7) is 5.46. The van der Waals surface area contributed by atoms with E-state index in [1.165, 1.54) is 17.5 Å². The molecule has 0 aromatic heterocycles. The zero-order valence-corrected chi connectivity index (χ0v) is 11.6. The summed E-state index contributed by atoms with van der Waals surface area (Å²) < 4.78 is 5.34. The Morgan fingerprint density at radius 1 is 1.41 bits per heavy atom. The van der Waals surface area contributed by atoms with Gasteiger partial charge in [-0.15, -0.1) is 0 Å². The Hall–Kier alpha value is -0.670. The smallest absolute Gasteiger partial charge is 0.119 e. The van der Waals surface area contributed by atoms with Gasteiger partial charge < -0.3 is 10.1 Å². The standard InChI is InChI=1S/C14H21NOS/c1-4-13-14(15-5-2)12-8-11(16-3)7-6-10(12)9-17-13/h6-8,13-15H,4-5,9H2,1-3H3. The van der Waals surface area contributed by atoms with Gasteiger partial charge in [0.2, 0.25) is 0 Å². The van der Waals surface area contributed by atoms with Crippen LogP contribution >= 0.6 is 11.8 Å². The molecule has 1 aromatic carbocycles. The van der Waals surface area contributed by atoms with Crippen LogP contribution in [0.3, 0.4) is 0 Å². The van der Waals surface area contributed by atoms with E-state index in [-0.39, 0.29) is 0 Å². The molecular formula is C14H21NOS. The van der Waals surface area contributed by atoms with Crippen LogP contribution in [-0.4, -0.2) is 18.9 Å². The minimum absolute atomic E-state index is 0.467. The van der Waals surface area contributed by atoms with Crippen molar-refractivity contribution in [2.75, 3.05) is 13.7 Å². The molecule has 0 spiro atoms. The molecule has 1 heterocycles. The van der Waals surface area contributed by atoms with E-state index in [1.807, 2.05) is 0 Å². The third-order valence-corrected chi connectivity index (χ3v) is 4.85. The fourth-order valence-electron chi connectivity index (χ4n) is 2.43. The van der Waals surface area contributed by atoms with Crippen molar-refractivity contribution < 1.29 is 4.74 Å². The molecule has 1 aliphatic heterocycles. The Labute approximate surface area is 108 Å². The molecule has 3 heteroatoms. The van der Waals surface area contributed by atoms with E-state index >= 15 is 0 Å². The molecule has 0 fully saturated rings. The molecule has 1 aliphatic rings. The van der Waals surface area contributed by atoms with Crippen molar-refractivity contribution in [3.63, 3.8) is 0 Å². The molecule has 0 bridgehead atoms. The Morgan fingerprint density at radius 2 is 2.24 bits per heavy atom. The van der Waals surface area contributed by atoms with Crippen molar-refractivity contribution >= 4 is 11.8 Å². The number of hydrogen-bond donors (Lipinski definition) is 1. The summed E-state index contributed by atoms with van der Waals surface area (Å²) in [4.78, 5) is 0. The Kier molecular flexibility index (Phi) is 4.35. The molecule has 0 radical (unpaired) electrons. The van der Waals surface area contributed by atoms with Crippen LogP contribution in [0.5, 0.6) is 5.75 Å².